The first-order valence-corrected chi connectivity index (χ1v) is 6.67. The molecule has 2 atom stereocenters. The monoisotopic (exact) mass is 220 g/mol. The maximum atomic E-state index is 5.82. The van der Waals surface area contributed by atoms with E-state index < -0.39 is 0 Å². The lowest BCUT2D eigenvalue weighted by atomic mass is 10.1. The normalized spacial score (nSPS) is 33.1. The lowest BCUT2D eigenvalue weighted by Crippen LogP contribution is -2.20. The van der Waals surface area contributed by atoms with Crippen molar-refractivity contribution >= 4 is 0 Å². The lowest BCUT2D eigenvalue weighted by molar-refractivity contribution is -0.00661. The molecule has 1 fully saturated rings. The molecule has 1 nitrogen and oxygen atoms in total. The zero-order valence-electron chi connectivity index (χ0n) is 10.9. The standard InChI is InChI=1S/C15H24O/c1-15(2,3)16-11-10-14-12-8-6-4-5-7-9-13(12)14/h12-14H,6-11H2,1-3H3. The van der Waals surface area contributed by atoms with E-state index in [1.807, 2.05) is 0 Å². The van der Waals surface area contributed by atoms with E-state index in [4.69, 9.17) is 4.74 Å². The molecule has 0 saturated heterocycles. The summed E-state index contributed by atoms with van der Waals surface area (Å²) in [6, 6.07) is 0. The summed E-state index contributed by atoms with van der Waals surface area (Å²) in [6.07, 6.45) is 6.16. The zero-order valence-corrected chi connectivity index (χ0v) is 10.9. The Morgan fingerprint density at radius 2 is 1.62 bits per heavy atom. The summed E-state index contributed by atoms with van der Waals surface area (Å²) in [7, 11) is 0. The average molecular weight is 220 g/mol. The van der Waals surface area contributed by atoms with E-state index in [-0.39, 0.29) is 5.60 Å². The number of ether oxygens (including phenoxy) is 1. The van der Waals surface area contributed by atoms with Gasteiger partial charge < -0.3 is 4.74 Å². The second kappa shape index (κ2) is 4.80. The Labute approximate surface area is 99.9 Å². The summed E-state index contributed by atoms with van der Waals surface area (Å²) < 4.78 is 5.82. The Bertz CT molecular complexity index is 271. The minimum atomic E-state index is 0.0248. The van der Waals surface area contributed by atoms with E-state index in [0.29, 0.717) is 0 Å². The third kappa shape index (κ3) is 3.25. The second-order valence-electron chi connectivity index (χ2n) is 6.17. The Hall–Kier alpha value is -0.480. The first-order valence-electron chi connectivity index (χ1n) is 6.67. The average Bonchev–Trinajstić information content (AvgIpc) is 2.73. The van der Waals surface area contributed by atoms with Crippen LogP contribution >= 0.6 is 0 Å². The molecule has 1 saturated carbocycles. The van der Waals surface area contributed by atoms with Crippen LogP contribution in [0.5, 0.6) is 0 Å². The van der Waals surface area contributed by atoms with Crippen molar-refractivity contribution in [2.45, 2.75) is 58.5 Å². The third-order valence-corrected chi connectivity index (χ3v) is 3.83. The van der Waals surface area contributed by atoms with Crippen LogP contribution in [0.3, 0.4) is 0 Å². The molecule has 0 heterocycles. The Morgan fingerprint density at radius 3 is 2.12 bits per heavy atom. The van der Waals surface area contributed by atoms with Crippen LogP contribution < -0.4 is 0 Å². The van der Waals surface area contributed by atoms with Crippen molar-refractivity contribution in [3.05, 3.63) is 0 Å². The van der Waals surface area contributed by atoms with E-state index in [2.05, 4.69) is 32.6 Å². The highest BCUT2D eigenvalue weighted by molar-refractivity contribution is 5.07. The van der Waals surface area contributed by atoms with Crippen molar-refractivity contribution < 1.29 is 4.74 Å². The molecule has 0 aromatic rings. The molecule has 2 rings (SSSR count). The predicted molar refractivity (Wildman–Crippen MR) is 67.0 cm³/mol. The van der Waals surface area contributed by atoms with Crippen LogP contribution in [0, 0.1) is 29.6 Å². The first kappa shape index (κ1) is 12.0. The van der Waals surface area contributed by atoms with Crippen LogP contribution in [0.15, 0.2) is 0 Å². The van der Waals surface area contributed by atoms with E-state index in [1.165, 1.54) is 19.3 Å². The van der Waals surface area contributed by atoms with E-state index in [1.54, 1.807) is 0 Å². The fourth-order valence-electron chi connectivity index (χ4n) is 2.96. The number of rotatable bonds is 3. The van der Waals surface area contributed by atoms with E-state index >= 15 is 0 Å². The van der Waals surface area contributed by atoms with Gasteiger partial charge in [0, 0.05) is 19.4 Å². The molecule has 2 aliphatic rings. The molecule has 1 heteroatoms. The van der Waals surface area contributed by atoms with Crippen LogP contribution in [0.2, 0.25) is 0 Å². The lowest BCUT2D eigenvalue weighted by Gasteiger charge is -2.19. The minimum Gasteiger partial charge on any atom is -0.376 e. The Kier molecular flexibility index (Phi) is 3.60. The summed E-state index contributed by atoms with van der Waals surface area (Å²) in [5.74, 6) is 9.40. The molecule has 2 unspecified atom stereocenters. The van der Waals surface area contributed by atoms with E-state index in [9.17, 15) is 0 Å². The molecule has 0 bridgehead atoms. The number of hydrogen-bond donors (Lipinski definition) is 0. The molecule has 2 aliphatic carbocycles. The van der Waals surface area contributed by atoms with Gasteiger partial charge >= 0.3 is 0 Å². The van der Waals surface area contributed by atoms with Crippen molar-refractivity contribution in [2.24, 2.45) is 17.8 Å². The summed E-state index contributed by atoms with van der Waals surface area (Å²) >= 11 is 0. The van der Waals surface area contributed by atoms with Crippen molar-refractivity contribution in [1.82, 2.24) is 0 Å². The number of fused-ring (bicyclic) bond motifs is 1. The molecule has 0 aliphatic heterocycles. The maximum absolute atomic E-state index is 5.82. The molecular formula is C15H24O. The Morgan fingerprint density at radius 1 is 1.06 bits per heavy atom. The molecule has 90 valence electrons. The first-order chi connectivity index (χ1) is 7.58. The second-order valence-corrected chi connectivity index (χ2v) is 6.17. The predicted octanol–water partition coefficient (Wildman–Crippen LogP) is 3.63. The number of hydrogen-bond acceptors (Lipinski definition) is 1. The van der Waals surface area contributed by atoms with Gasteiger partial charge in [0.15, 0.2) is 0 Å². The van der Waals surface area contributed by atoms with Crippen LogP contribution in [0.1, 0.15) is 52.9 Å². The van der Waals surface area contributed by atoms with Gasteiger partial charge in [-0.25, -0.2) is 0 Å². The molecule has 0 amide bonds. The van der Waals surface area contributed by atoms with Crippen LogP contribution in [0.4, 0.5) is 0 Å². The van der Waals surface area contributed by atoms with Crippen molar-refractivity contribution in [3.8, 4) is 11.8 Å². The van der Waals surface area contributed by atoms with Gasteiger partial charge in [0.05, 0.1) is 5.60 Å². The van der Waals surface area contributed by atoms with Gasteiger partial charge in [-0.15, -0.1) is 11.8 Å². The highest BCUT2D eigenvalue weighted by Gasteiger charge is 2.47. The van der Waals surface area contributed by atoms with Crippen molar-refractivity contribution in [2.75, 3.05) is 6.61 Å². The molecule has 0 spiro atoms. The quantitative estimate of drug-likeness (QED) is 0.660. The molecule has 16 heavy (non-hydrogen) atoms. The SMILES string of the molecule is CC(C)(C)OCCC1C2CCC#CCCC21. The van der Waals surface area contributed by atoms with Gasteiger partial charge in [0.2, 0.25) is 0 Å². The van der Waals surface area contributed by atoms with Gasteiger partial charge in [-0.2, -0.15) is 0 Å². The fourth-order valence-corrected chi connectivity index (χ4v) is 2.96. The molecule has 0 radical (unpaired) electrons. The zero-order chi connectivity index (χ0) is 11.6. The fraction of sp³-hybridized carbons (Fsp3) is 0.867. The summed E-state index contributed by atoms with van der Waals surface area (Å²) in [6.45, 7) is 7.34. The highest BCUT2D eigenvalue weighted by Crippen LogP contribution is 2.54. The largest absolute Gasteiger partial charge is 0.376 e. The highest BCUT2D eigenvalue weighted by atomic mass is 16.5. The third-order valence-electron chi connectivity index (χ3n) is 3.83. The topological polar surface area (TPSA) is 9.23 Å². The maximum Gasteiger partial charge on any atom is 0.0598 e. The van der Waals surface area contributed by atoms with Gasteiger partial charge in [-0.1, -0.05) is 0 Å². The molecule has 0 N–H and O–H groups in total. The van der Waals surface area contributed by atoms with Crippen molar-refractivity contribution in [3.63, 3.8) is 0 Å². The van der Waals surface area contributed by atoms with Crippen LogP contribution in [0.25, 0.3) is 0 Å². The Balaban J connectivity index is 1.70. The summed E-state index contributed by atoms with van der Waals surface area (Å²) in [5, 5.41) is 0. The van der Waals surface area contributed by atoms with Gasteiger partial charge in [0.25, 0.3) is 0 Å². The smallest absolute Gasteiger partial charge is 0.0598 e. The van der Waals surface area contributed by atoms with E-state index in [0.717, 1.165) is 37.2 Å². The van der Waals surface area contributed by atoms with Crippen LogP contribution in [-0.2, 0) is 4.74 Å². The van der Waals surface area contributed by atoms with Crippen molar-refractivity contribution in [1.29, 1.82) is 0 Å². The molecule has 0 aromatic carbocycles. The summed E-state index contributed by atoms with van der Waals surface area (Å²) in [5.41, 5.74) is 0.0248. The van der Waals surface area contributed by atoms with Gasteiger partial charge in [-0.3, -0.25) is 0 Å². The van der Waals surface area contributed by atoms with Gasteiger partial charge in [-0.05, 0) is 57.8 Å². The molecule has 0 aromatic heterocycles. The molecular weight excluding hydrogens is 196 g/mol. The van der Waals surface area contributed by atoms with Crippen LogP contribution in [-0.4, -0.2) is 12.2 Å². The summed E-state index contributed by atoms with van der Waals surface area (Å²) in [4.78, 5) is 0. The minimum absolute atomic E-state index is 0.0248. The van der Waals surface area contributed by atoms with Gasteiger partial charge in [0.1, 0.15) is 0 Å².